The Morgan fingerprint density at radius 1 is 1.42 bits per heavy atom. The van der Waals surface area contributed by atoms with E-state index in [-0.39, 0.29) is 12.0 Å². The van der Waals surface area contributed by atoms with Crippen molar-refractivity contribution in [3.8, 4) is 5.75 Å². The number of rotatable bonds is 8. The molecule has 1 aromatic rings. The second kappa shape index (κ2) is 8.53. The molecule has 0 spiro atoms. The van der Waals surface area contributed by atoms with E-state index >= 15 is 0 Å². The van der Waals surface area contributed by atoms with E-state index < -0.39 is 0 Å². The van der Waals surface area contributed by atoms with Crippen LogP contribution in [0.25, 0.3) is 0 Å². The molecule has 2 N–H and O–H groups in total. The van der Waals surface area contributed by atoms with Gasteiger partial charge in [0.2, 0.25) is 5.91 Å². The highest BCUT2D eigenvalue weighted by molar-refractivity contribution is 5.76. The standard InChI is InChI=1S/C15H23NO3/c1-3-19-14-7-5-4-6-13(14)8-9-15(18)16-11-10-12(2)17/h4-7,12,17H,3,8-11H2,1-2H3,(H,16,18). The van der Waals surface area contributed by atoms with E-state index in [2.05, 4.69) is 5.32 Å². The molecule has 0 bridgehead atoms. The Balaban J connectivity index is 2.37. The minimum absolute atomic E-state index is 0.00644. The maximum absolute atomic E-state index is 11.6. The van der Waals surface area contributed by atoms with Crippen LogP contribution < -0.4 is 10.1 Å². The van der Waals surface area contributed by atoms with Gasteiger partial charge in [-0.3, -0.25) is 4.79 Å². The predicted molar refractivity (Wildman–Crippen MR) is 75.2 cm³/mol. The summed E-state index contributed by atoms with van der Waals surface area (Å²) in [5.74, 6) is 0.855. The summed E-state index contributed by atoms with van der Waals surface area (Å²) in [7, 11) is 0. The third-order valence-electron chi connectivity index (χ3n) is 2.78. The summed E-state index contributed by atoms with van der Waals surface area (Å²) >= 11 is 0. The number of aliphatic hydroxyl groups excluding tert-OH is 1. The summed E-state index contributed by atoms with van der Waals surface area (Å²) in [5.41, 5.74) is 1.05. The Hall–Kier alpha value is -1.55. The molecule has 0 aromatic heterocycles. The lowest BCUT2D eigenvalue weighted by atomic mass is 10.1. The molecule has 1 rings (SSSR count). The number of para-hydroxylation sites is 1. The van der Waals surface area contributed by atoms with Crippen LogP contribution in [0.4, 0.5) is 0 Å². The number of nitrogens with one attached hydrogen (secondary N) is 1. The molecule has 0 radical (unpaired) electrons. The van der Waals surface area contributed by atoms with Gasteiger partial charge in [0.1, 0.15) is 5.75 Å². The first-order valence-electron chi connectivity index (χ1n) is 6.79. The Kier molecular flexibility index (Phi) is 6.97. The van der Waals surface area contributed by atoms with Gasteiger partial charge in [-0.25, -0.2) is 0 Å². The first-order valence-corrected chi connectivity index (χ1v) is 6.79. The number of ether oxygens (including phenoxy) is 1. The Bertz CT molecular complexity index is 391. The zero-order chi connectivity index (χ0) is 14.1. The first-order chi connectivity index (χ1) is 9.13. The largest absolute Gasteiger partial charge is 0.494 e. The van der Waals surface area contributed by atoms with E-state index in [1.165, 1.54) is 0 Å². The number of hydrogen-bond acceptors (Lipinski definition) is 3. The van der Waals surface area contributed by atoms with Gasteiger partial charge in [-0.2, -0.15) is 0 Å². The van der Waals surface area contributed by atoms with Crippen molar-refractivity contribution in [2.45, 2.75) is 39.2 Å². The van der Waals surface area contributed by atoms with Gasteiger partial charge in [-0.15, -0.1) is 0 Å². The second-order valence-corrected chi connectivity index (χ2v) is 4.53. The predicted octanol–water partition coefficient (Wildman–Crippen LogP) is 1.90. The molecule has 19 heavy (non-hydrogen) atoms. The fraction of sp³-hybridized carbons (Fsp3) is 0.533. The number of amides is 1. The fourth-order valence-electron chi connectivity index (χ4n) is 1.76. The molecule has 0 aliphatic heterocycles. The monoisotopic (exact) mass is 265 g/mol. The van der Waals surface area contributed by atoms with Crippen molar-refractivity contribution in [3.05, 3.63) is 29.8 Å². The maximum Gasteiger partial charge on any atom is 0.220 e. The third kappa shape index (κ3) is 6.25. The topological polar surface area (TPSA) is 58.6 Å². The van der Waals surface area contributed by atoms with E-state index in [9.17, 15) is 4.79 Å². The average molecular weight is 265 g/mol. The lowest BCUT2D eigenvalue weighted by Gasteiger charge is -2.10. The van der Waals surface area contributed by atoms with Crippen LogP contribution in [0.1, 0.15) is 32.3 Å². The summed E-state index contributed by atoms with van der Waals surface area (Å²) in [5, 5.41) is 11.9. The lowest BCUT2D eigenvalue weighted by Crippen LogP contribution is -2.26. The minimum Gasteiger partial charge on any atom is -0.494 e. The van der Waals surface area contributed by atoms with Crippen LogP contribution in [-0.2, 0) is 11.2 Å². The number of carbonyl (C=O) groups excluding carboxylic acids is 1. The van der Waals surface area contributed by atoms with Gasteiger partial charge in [-0.1, -0.05) is 18.2 Å². The van der Waals surface area contributed by atoms with Gasteiger partial charge in [0.15, 0.2) is 0 Å². The van der Waals surface area contributed by atoms with Crippen LogP contribution >= 0.6 is 0 Å². The van der Waals surface area contributed by atoms with E-state index in [1.807, 2.05) is 31.2 Å². The van der Waals surface area contributed by atoms with Crippen LogP contribution in [0.5, 0.6) is 5.75 Å². The highest BCUT2D eigenvalue weighted by Gasteiger charge is 2.06. The molecule has 106 valence electrons. The molecule has 1 aromatic carbocycles. The number of hydrogen-bond donors (Lipinski definition) is 2. The molecule has 0 saturated carbocycles. The number of aliphatic hydroxyl groups is 1. The van der Waals surface area contributed by atoms with Crippen molar-refractivity contribution in [2.24, 2.45) is 0 Å². The zero-order valence-corrected chi connectivity index (χ0v) is 11.7. The molecule has 1 unspecified atom stereocenters. The zero-order valence-electron chi connectivity index (χ0n) is 11.7. The molecule has 0 heterocycles. The maximum atomic E-state index is 11.6. The summed E-state index contributed by atoms with van der Waals surface area (Å²) in [4.78, 5) is 11.6. The van der Waals surface area contributed by atoms with E-state index in [0.717, 1.165) is 11.3 Å². The fourth-order valence-corrected chi connectivity index (χ4v) is 1.76. The lowest BCUT2D eigenvalue weighted by molar-refractivity contribution is -0.121. The second-order valence-electron chi connectivity index (χ2n) is 4.53. The van der Waals surface area contributed by atoms with E-state index in [1.54, 1.807) is 6.92 Å². The normalized spacial score (nSPS) is 11.9. The van der Waals surface area contributed by atoms with Crippen molar-refractivity contribution in [1.82, 2.24) is 5.32 Å². The van der Waals surface area contributed by atoms with Gasteiger partial charge < -0.3 is 15.2 Å². The van der Waals surface area contributed by atoms with Crippen LogP contribution in [-0.4, -0.2) is 30.3 Å². The SMILES string of the molecule is CCOc1ccccc1CCC(=O)NCCC(C)O. The molecule has 0 saturated heterocycles. The van der Waals surface area contributed by atoms with Crippen molar-refractivity contribution in [2.75, 3.05) is 13.2 Å². The molecular weight excluding hydrogens is 242 g/mol. The Morgan fingerprint density at radius 3 is 2.84 bits per heavy atom. The number of benzene rings is 1. The van der Waals surface area contributed by atoms with Crippen LogP contribution in [0.2, 0.25) is 0 Å². The summed E-state index contributed by atoms with van der Waals surface area (Å²) in [6.07, 6.45) is 1.31. The van der Waals surface area contributed by atoms with Gasteiger partial charge in [0, 0.05) is 13.0 Å². The van der Waals surface area contributed by atoms with E-state index in [4.69, 9.17) is 9.84 Å². The van der Waals surface area contributed by atoms with E-state index in [0.29, 0.717) is 32.4 Å². The van der Waals surface area contributed by atoms with Crippen LogP contribution in [0, 0.1) is 0 Å². The molecule has 0 aliphatic rings. The highest BCUT2D eigenvalue weighted by atomic mass is 16.5. The third-order valence-corrected chi connectivity index (χ3v) is 2.78. The van der Waals surface area contributed by atoms with Gasteiger partial charge in [0.25, 0.3) is 0 Å². The first kappa shape index (κ1) is 15.5. The Labute approximate surface area is 114 Å². The summed E-state index contributed by atoms with van der Waals surface area (Å²) in [6.45, 7) is 4.80. The van der Waals surface area contributed by atoms with Crippen molar-refractivity contribution in [1.29, 1.82) is 0 Å². The van der Waals surface area contributed by atoms with Crippen LogP contribution in [0.15, 0.2) is 24.3 Å². The molecule has 0 fully saturated rings. The molecule has 4 heteroatoms. The average Bonchev–Trinajstić information content (AvgIpc) is 2.37. The van der Waals surface area contributed by atoms with Gasteiger partial charge in [-0.05, 0) is 38.3 Å². The van der Waals surface area contributed by atoms with Crippen LogP contribution in [0.3, 0.4) is 0 Å². The summed E-state index contributed by atoms with van der Waals surface area (Å²) in [6, 6.07) is 7.78. The quantitative estimate of drug-likeness (QED) is 0.755. The minimum atomic E-state index is -0.376. The van der Waals surface area contributed by atoms with Crippen molar-refractivity contribution < 1.29 is 14.6 Å². The molecule has 1 atom stereocenters. The van der Waals surface area contributed by atoms with Crippen molar-refractivity contribution >= 4 is 5.91 Å². The smallest absolute Gasteiger partial charge is 0.220 e. The number of carbonyl (C=O) groups is 1. The molecular formula is C15H23NO3. The molecule has 1 amide bonds. The van der Waals surface area contributed by atoms with Gasteiger partial charge >= 0.3 is 0 Å². The number of aryl methyl sites for hydroxylation is 1. The Morgan fingerprint density at radius 2 is 2.16 bits per heavy atom. The van der Waals surface area contributed by atoms with Crippen molar-refractivity contribution in [3.63, 3.8) is 0 Å². The van der Waals surface area contributed by atoms with Gasteiger partial charge in [0.05, 0.1) is 12.7 Å². The highest BCUT2D eigenvalue weighted by Crippen LogP contribution is 2.19. The molecule has 4 nitrogen and oxygen atoms in total. The summed E-state index contributed by atoms with van der Waals surface area (Å²) < 4.78 is 5.52. The molecule has 0 aliphatic carbocycles.